The number of carbonyl (C=O) groups excluding carboxylic acids is 1. The second-order valence-corrected chi connectivity index (χ2v) is 9.93. The number of benzene rings is 3. The zero-order valence-corrected chi connectivity index (χ0v) is 21.2. The molecule has 1 heterocycles. The van der Waals surface area contributed by atoms with E-state index < -0.39 is 21.0 Å². The Hall–Kier alpha value is -4.03. The van der Waals surface area contributed by atoms with Crippen molar-refractivity contribution >= 4 is 49.7 Å². The number of aliphatic imine (C=N–C) groups is 1. The van der Waals surface area contributed by atoms with Crippen molar-refractivity contribution < 1.29 is 31.8 Å². The number of nitrogens with zero attached hydrogens (tertiary/aromatic N) is 2. The van der Waals surface area contributed by atoms with Crippen LogP contribution in [-0.2, 0) is 19.6 Å². The molecule has 0 aromatic heterocycles. The third kappa shape index (κ3) is 5.29. The minimum Gasteiger partial charge on any atom is -0.493 e. The SMILES string of the molecule is COc1cc(/C=C2\N=C(c3cccc(Br)c3)OC2=O)ccc1OS(=O)(=O)c1cc([N+](=O)[O-])ccc1C. The molecule has 3 aromatic rings. The number of hydrogen-bond donors (Lipinski definition) is 0. The Bertz CT molecular complexity index is 1560. The van der Waals surface area contributed by atoms with Crippen LogP contribution >= 0.6 is 15.9 Å². The van der Waals surface area contributed by atoms with Crippen LogP contribution in [-0.4, -0.2) is 32.3 Å². The summed E-state index contributed by atoms with van der Waals surface area (Å²) in [5, 5.41) is 11.1. The quantitative estimate of drug-likeness (QED) is 0.130. The van der Waals surface area contributed by atoms with Crippen molar-refractivity contribution in [3.05, 3.63) is 97.6 Å². The minimum atomic E-state index is -4.42. The molecule has 0 saturated carbocycles. The van der Waals surface area contributed by atoms with Crippen LogP contribution in [0.15, 0.2) is 80.7 Å². The van der Waals surface area contributed by atoms with Gasteiger partial charge in [0.25, 0.3) is 5.69 Å². The van der Waals surface area contributed by atoms with Gasteiger partial charge in [0.1, 0.15) is 4.90 Å². The summed E-state index contributed by atoms with van der Waals surface area (Å²) in [6.07, 6.45) is 1.46. The molecule has 1 aliphatic rings. The number of cyclic esters (lactones) is 1. The molecule has 0 atom stereocenters. The predicted molar refractivity (Wildman–Crippen MR) is 133 cm³/mol. The Morgan fingerprint density at radius 2 is 1.86 bits per heavy atom. The molecule has 3 aromatic carbocycles. The number of carbonyl (C=O) groups is 1. The molecule has 36 heavy (non-hydrogen) atoms. The van der Waals surface area contributed by atoms with Crippen LogP contribution in [0.5, 0.6) is 11.5 Å². The Morgan fingerprint density at radius 3 is 2.56 bits per heavy atom. The van der Waals surface area contributed by atoms with Gasteiger partial charge in [-0.05, 0) is 54.5 Å². The molecule has 0 saturated heterocycles. The molecule has 0 aliphatic carbocycles. The van der Waals surface area contributed by atoms with Crippen LogP contribution in [0.4, 0.5) is 5.69 Å². The average molecular weight is 573 g/mol. The molecule has 0 unspecified atom stereocenters. The van der Waals surface area contributed by atoms with Crippen LogP contribution in [0.1, 0.15) is 16.7 Å². The van der Waals surface area contributed by atoms with Crippen LogP contribution < -0.4 is 8.92 Å². The van der Waals surface area contributed by atoms with E-state index in [9.17, 15) is 23.3 Å². The highest BCUT2D eigenvalue weighted by molar-refractivity contribution is 9.10. The molecule has 0 amide bonds. The normalized spacial score (nSPS) is 14.4. The standard InChI is InChI=1S/C24H17BrN2O8S/c1-14-6-8-18(27(29)30)13-22(14)36(31,32)35-20-9-7-15(11-21(20)33-2)10-19-24(28)34-23(26-19)16-4-3-5-17(25)12-16/h3-13H,1-2H3/b19-10-. The second kappa shape index (κ2) is 9.91. The summed E-state index contributed by atoms with van der Waals surface area (Å²) in [7, 11) is -3.10. The summed E-state index contributed by atoms with van der Waals surface area (Å²) < 4.78 is 42.3. The molecule has 0 bridgehead atoms. The summed E-state index contributed by atoms with van der Waals surface area (Å²) in [5.41, 5.74) is 1.02. The predicted octanol–water partition coefficient (Wildman–Crippen LogP) is 4.79. The molecule has 12 heteroatoms. The summed E-state index contributed by atoms with van der Waals surface area (Å²) >= 11 is 3.36. The van der Waals surface area contributed by atoms with Gasteiger partial charge in [-0.2, -0.15) is 8.42 Å². The summed E-state index contributed by atoms with van der Waals surface area (Å²) in [6.45, 7) is 1.50. The lowest BCUT2D eigenvalue weighted by Gasteiger charge is -2.12. The van der Waals surface area contributed by atoms with Crippen molar-refractivity contribution in [3.8, 4) is 11.5 Å². The Kier molecular flexibility index (Phi) is 6.91. The molecule has 4 rings (SSSR count). The fourth-order valence-corrected chi connectivity index (χ4v) is 4.88. The number of nitro groups is 1. The van der Waals surface area contributed by atoms with Gasteiger partial charge in [-0.25, -0.2) is 9.79 Å². The van der Waals surface area contributed by atoms with Gasteiger partial charge in [-0.3, -0.25) is 10.1 Å². The van der Waals surface area contributed by atoms with Gasteiger partial charge in [-0.15, -0.1) is 0 Å². The molecule has 0 N–H and O–H groups in total. The van der Waals surface area contributed by atoms with Gasteiger partial charge in [0.05, 0.1) is 12.0 Å². The van der Waals surface area contributed by atoms with E-state index in [1.54, 1.807) is 18.2 Å². The number of ether oxygens (including phenoxy) is 2. The lowest BCUT2D eigenvalue weighted by Crippen LogP contribution is -2.12. The van der Waals surface area contributed by atoms with E-state index in [-0.39, 0.29) is 39.2 Å². The average Bonchev–Trinajstić information content (AvgIpc) is 3.20. The summed E-state index contributed by atoms with van der Waals surface area (Å²) in [5.74, 6) is -0.581. The largest absolute Gasteiger partial charge is 0.493 e. The number of nitro benzene ring substituents is 1. The third-order valence-corrected chi connectivity index (χ3v) is 6.91. The van der Waals surface area contributed by atoms with Crippen LogP contribution in [0, 0.1) is 17.0 Å². The molecule has 0 spiro atoms. The number of methoxy groups -OCH3 is 1. The topological polar surface area (TPSA) is 134 Å². The van der Waals surface area contributed by atoms with E-state index in [1.165, 1.54) is 50.4 Å². The van der Waals surface area contributed by atoms with Crippen LogP contribution in [0.3, 0.4) is 0 Å². The van der Waals surface area contributed by atoms with Crippen molar-refractivity contribution in [1.29, 1.82) is 0 Å². The lowest BCUT2D eigenvalue weighted by atomic mass is 10.1. The van der Waals surface area contributed by atoms with E-state index in [0.29, 0.717) is 11.1 Å². The highest BCUT2D eigenvalue weighted by Gasteiger charge is 2.26. The summed E-state index contributed by atoms with van der Waals surface area (Å²) in [6, 6.07) is 14.9. The minimum absolute atomic E-state index is 0.0422. The molecule has 10 nitrogen and oxygen atoms in total. The number of non-ortho nitro benzene ring substituents is 1. The van der Waals surface area contributed by atoms with Gasteiger partial charge in [0.2, 0.25) is 5.90 Å². The van der Waals surface area contributed by atoms with Gasteiger partial charge < -0.3 is 13.7 Å². The molecule has 0 fully saturated rings. The molecule has 0 radical (unpaired) electrons. The molecular weight excluding hydrogens is 556 g/mol. The molecular formula is C24H17BrN2O8S. The van der Waals surface area contributed by atoms with Gasteiger partial charge >= 0.3 is 16.1 Å². The second-order valence-electron chi connectivity index (χ2n) is 7.50. The maximum atomic E-state index is 12.9. The maximum Gasteiger partial charge on any atom is 0.363 e. The monoisotopic (exact) mass is 572 g/mol. The van der Waals surface area contributed by atoms with E-state index in [0.717, 1.165) is 10.5 Å². The van der Waals surface area contributed by atoms with Crippen molar-refractivity contribution in [1.82, 2.24) is 0 Å². The smallest absolute Gasteiger partial charge is 0.363 e. The fourth-order valence-electron chi connectivity index (χ4n) is 3.29. The number of esters is 1. The van der Waals surface area contributed by atoms with E-state index >= 15 is 0 Å². The number of halogens is 1. The van der Waals surface area contributed by atoms with Crippen LogP contribution in [0.2, 0.25) is 0 Å². The summed E-state index contributed by atoms with van der Waals surface area (Å²) in [4.78, 5) is 26.6. The molecule has 1 aliphatic heterocycles. The first kappa shape index (κ1) is 25.1. The van der Waals surface area contributed by atoms with Gasteiger partial charge in [0.15, 0.2) is 17.2 Å². The zero-order valence-electron chi connectivity index (χ0n) is 18.8. The lowest BCUT2D eigenvalue weighted by molar-refractivity contribution is -0.385. The first-order chi connectivity index (χ1) is 17.1. The third-order valence-electron chi connectivity index (χ3n) is 5.03. The highest BCUT2D eigenvalue weighted by Crippen LogP contribution is 2.33. The van der Waals surface area contributed by atoms with Crippen molar-refractivity contribution in [2.24, 2.45) is 4.99 Å². The Morgan fingerprint density at radius 1 is 1.08 bits per heavy atom. The van der Waals surface area contributed by atoms with E-state index in [4.69, 9.17) is 13.7 Å². The van der Waals surface area contributed by atoms with E-state index in [2.05, 4.69) is 20.9 Å². The first-order valence-corrected chi connectivity index (χ1v) is 12.4. The fraction of sp³-hybridized carbons (Fsp3) is 0.0833. The first-order valence-electron chi connectivity index (χ1n) is 10.2. The Balaban J connectivity index is 1.63. The zero-order chi connectivity index (χ0) is 26.0. The number of hydrogen-bond acceptors (Lipinski definition) is 9. The number of aryl methyl sites for hydroxylation is 1. The van der Waals surface area contributed by atoms with Crippen molar-refractivity contribution in [2.45, 2.75) is 11.8 Å². The maximum absolute atomic E-state index is 12.9. The van der Waals surface area contributed by atoms with Crippen LogP contribution in [0.25, 0.3) is 6.08 Å². The van der Waals surface area contributed by atoms with E-state index in [1.807, 2.05) is 6.07 Å². The van der Waals surface area contributed by atoms with Gasteiger partial charge in [-0.1, -0.05) is 34.1 Å². The van der Waals surface area contributed by atoms with Gasteiger partial charge in [0, 0.05) is 22.2 Å². The van der Waals surface area contributed by atoms with Crippen molar-refractivity contribution in [2.75, 3.05) is 7.11 Å². The number of rotatable bonds is 7. The van der Waals surface area contributed by atoms with Crippen molar-refractivity contribution in [3.63, 3.8) is 0 Å². The Labute approximate surface area is 214 Å². The molecule has 184 valence electrons. The highest BCUT2D eigenvalue weighted by atomic mass is 79.9.